The summed E-state index contributed by atoms with van der Waals surface area (Å²) in [5, 5.41) is 9.56. The number of hydrogen-bond donors (Lipinski definition) is 1. The van der Waals surface area contributed by atoms with Gasteiger partial charge in [-0.2, -0.15) is 0 Å². The Labute approximate surface area is 111 Å². The minimum Gasteiger partial charge on any atom is -0.478 e. The Kier molecular flexibility index (Phi) is 5.80. The van der Waals surface area contributed by atoms with E-state index < -0.39 is 5.97 Å². The fourth-order valence-corrected chi connectivity index (χ4v) is 2.60. The van der Waals surface area contributed by atoms with Crippen LogP contribution in [0.5, 0.6) is 0 Å². The van der Waals surface area contributed by atoms with Crippen LogP contribution in [-0.2, 0) is 16.1 Å². The molecule has 1 aromatic heterocycles. The predicted molar refractivity (Wildman–Crippen MR) is 73.1 cm³/mol. The number of aliphatic carboxylic acids is 1. The molecule has 1 N–H and O–H groups in total. The molecule has 0 aliphatic carbocycles. The second-order valence-electron chi connectivity index (χ2n) is 3.58. The summed E-state index contributed by atoms with van der Waals surface area (Å²) in [7, 11) is 1.60. The number of thiazole rings is 1. The van der Waals surface area contributed by atoms with Crippen molar-refractivity contribution in [3.05, 3.63) is 16.6 Å². The maximum Gasteiger partial charge on any atom is 0.328 e. The Bertz CT molecular complexity index is 425. The van der Waals surface area contributed by atoms with Crippen LogP contribution >= 0.6 is 11.3 Å². The first-order valence-corrected chi connectivity index (χ1v) is 6.58. The molecule has 0 aromatic carbocycles. The second kappa shape index (κ2) is 7.13. The molecule has 18 heavy (non-hydrogen) atoms. The number of carboxylic acid groups (broad SMARTS) is 1. The van der Waals surface area contributed by atoms with E-state index in [2.05, 4.69) is 23.7 Å². The molecule has 0 spiro atoms. The van der Waals surface area contributed by atoms with Crippen LogP contribution in [0.15, 0.2) is 6.08 Å². The van der Waals surface area contributed by atoms with Crippen LogP contribution < -0.4 is 4.90 Å². The van der Waals surface area contributed by atoms with Gasteiger partial charge in [0.15, 0.2) is 5.13 Å². The van der Waals surface area contributed by atoms with Gasteiger partial charge in [0.25, 0.3) is 0 Å². The number of carboxylic acids is 1. The summed E-state index contributed by atoms with van der Waals surface area (Å²) in [4.78, 5) is 18.0. The lowest BCUT2D eigenvalue weighted by Gasteiger charge is -2.16. The predicted octanol–water partition coefficient (Wildman–Crippen LogP) is 2.23. The summed E-state index contributed by atoms with van der Waals surface area (Å²) in [6.45, 7) is 6.26. The monoisotopic (exact) mass is 270 g/mol. The molecule has 1 rings (SSSR count). The van der Waals surface area contributed by atoms with E-state index in [1.165, 1.54) is 11.3 Å². The number of ether oxygens (including phenoxy) is 1. The standard InChI is InChI=1S/C12H18N2O3S/c1-4-14(5-2)12-13-9(8-17-3)10(18-12)6-7-11(15)16/h6-7H,4-5,8H2,1-3H3,(H,15,16)/b7-6+. The number of nitrogens with zero attached hydrogens (tertiary/aromatic N) is 2. The highest BCUT2D eigenvalue weighted by molar-refractivity contribution is 7.16. The highest BCUT2D eigenvalue weighted by Gasteiger charge is 2.12. The van der Waals surface area contributed by atoms with Gasteiger partial charge in [0, 0.05) is 26.3 Å². The summed E-state index contributed by atoms with van der Waals surface area (Å²) in [6.07, 6.45) is 2.69. The van der Waals surface area contributed by atoms with Crippen LogP contribution in [0.3, 0.4) is 0 Å². The molecule has 100 valence electrons. The normalized spacial score (nSPS) is 11.1. The number of aromatic nitrogens is 1. The molecule has 0 atom stereocenters. The highest BCUT2D eigenvalue weighted by Crippen LogP contribution is 2.28. The fourth-order valence-electron chi connectivity index (χ4n) is 1.50. The minimum atomic E-state index is -0.962. The molecule has 1 heterocycles. The molecule has 0 amide bonds. The van der Waals surface area contributed by atoms with Crippen molar-refractivity contribution < 1.29 is 14.6 Å². The maximum absolute atomic E-state index is 10.6. The molecular formula is C12H18N2O3S. The van der Waals surface area contributed by atoms with Gasteiger partial charge in [0.2, 0.25) is 0 Å². The van der Waals surface area contributed by atoms with Crippen LogP contribution in [0, 0.1) is 0 Å². The SMILES string of the molecule is CCN(CC)c1nc(COC)c(/C=C/C(=O)O)s1. The van der Waals surface area contributed by atoms with Crippen molar-refractivity contribution in [2.75, 3.05) is 25.1 Å². The first kappa shape index (κ1) is 14.7. The van der Waals surface area contributed by atoms with Crippen LogP contribution in [0.2, 0.25) is 0 Å². The zero-order valence-electron chi connectivity index (χ0n) is 10.8. The average Bonchev–Trinajstić information content (AvgIpc) is 2.72. The van der Waals surface area contributed by atoms with Gasteiger partial charge in [-0.3, -0.25) is 0 Å². The summed E-state index contributed by atoms with van der Waals surface area (Å²) in [6, 6.07) is 0. The van der Waals surface area contributed by atoms with Crippen LogP contribution in [-0.4, -0.2) is 36.3 Å². The summed E-state index contributed by atoms with van der Waals surface area (Å²) >= 11 is 1.48. The average molecular weight is 270 g/mol. The Morgan fingerprint density at radius 3 is 2.67 bits per heavy atom. The van der Waals surface area contributed by atoms with Crippen molar-refractivity contribution >= 4 is 28.5 Å². The first-order chi connectivity index (χ1) is 8.62. The molecule has 0 unspecified atom stereocenters. The van der Waals surface area contributed by atoms with Crippen LogP contribution in [0.4, 0.5) is 5.13 Å². The highest BCUT2D eigenvalue weighted by atomic mass is 32.1. The van der Waals surface area contributed by atoms with Crippen molar-refractivity contribution in [2.45, 2.75) is 20.5 Å². The van der Waals surface area contributed by atoms with Crippen LogP contribution in [0.1, 0.15) is 24.4 Å². The number of rotatable bonds is 7. The third kappa shape index (κ3) is 3.82. The van der Waals surface area contributed by atoms with Crippen molar-refractivity contribution in [1.29, 1.82) is 0 Å². The fraction of sp³-hybridized carbons (Fsp3) is 0.500. The van der Waals surface area contributed by atoms with Crippen LogP contribution in [0.25, 0.3) is 6.08 Å². The Morgan fingerprint density at radius 2 is 2.17 bits per heavy atom. The number of carbonyl (C=O) groups is 1. The minimum absolute atomic E-state index is 0.386. The van der Waals surface area contributed by atoms with E-state index in [1.54, 1.807) is 13.2 Å². The van der Waals surface area contributed by atoms with Gasteiger partial charge in [0.1, 0.15) is 0 Å². The molecule has 6 heteroatoms. The summed E-state index contributed by atoms with van der Waals surface area (Å²) in [5.74, 6) is -0.962. The topological polar surface area (TPSA) is 62.7 Å². The lowest BCUT2D eigenvalue weighted by atomic mass is 10.3. The van der Waals surface area contributed by atoms with Gasteiger partial charge in [0.05, 0.1) is 17.2 Å². The van der Waals surface area contributed by atoms with Crippen molar-refractivity contribution in [3.8, 4) is 0 Å². The molecule has 0 aliphatic heterocycles. The van der Waals surface area contributed by atoms with E-state index in [9.17, 15) is 4.79 Å². The van der Waals surface area contributed by atoms with Gasteiger partial charge in [-0.1, -0.05) is 11.3 Å². The molecule has 0 saturated carbocycles. The third-order valence-electron chi connectivity index (χ3n) is 2.41. The number of hydrogen-bond acceptors (Lipinski definition) is 5. The summed E-state index contributed by atoms with van der Waals surface area (Å²) < 4.78 is 5.08. The molecule has 0 radical (unpaired) electrons. The van der Waals surface area contributed by atoms with E-state index in [4.69, 9.17) is 9.84 Å². The zero-order valence-corrected chi connectivity index (χ0v) is 11.7. The van der Waals surface area contributed by atoms with E-state index in [-0.39, 0.29) is 0 Å². The largest absolute Gasteiger partial charge is 0.478 e. The van der Waals surface area contributed by atoms with Gasteiger partial charge < -0.3 is 14.7 Å². The zero-order chi connectivity index (χ0) is 13.5. The smallest absolute Gasteiger partial charge is 0.328 e. The van der Waals surface area contributed by atoms with Gasteiger partial charge >= 0.3 is 5.97 Å². The summed E-state index contributed by atoms with van der Waals surface area (Å²) in [5.41, 5.74) is 0.780. The van der Waals surface area contributed by atoms with Gasteiger partial charge in [-0.25, -0.2) is 9.78 Å². The lowest BCUT2D eigenvalue weighted by Crippen LogP contribution is -2.21. The first-order valence-electron chi connectivity index (χ1n) is 5.76. The molecule has 0 fully saturated rings. The van der Waals surface area contributed by atoms with E-state index >= 15 is 0 Å². The molecule has 0 saturated heterocycles. The molecule has 0 bridgehead atoms. The van der Waals surface area contributed by atoms with E-state index in [0.717, 1.165) is 34.9 Å². The maximum atomic E-state index is 10.6. The lowest BCUT2D eigenvalue weighted by molar-refractivity contribution is -0.131. The quantitative estimate of drug-likeness (QED) is 0.770. The Balaban J connectivity index is 3.03. The van der Waals surface area contributed by atoms with Crippen molar-refractivity contribution in [1.82, 2.24) is 4.98 Å². The second-order valence-corrected chi connectivity index (χ2v) is 4.59. The van der Waals surface area contributed by atoms with Gasteiger partial charge in [-0.05, 0) is 19.9 Å². The Hall–Kier alpha value is -1.40. The molecule has 0 aliphatic rings. The Morgan fingerprint density at radius 1 is 1.50 bits per heavy atom. The van der Waals surface area contributed by atoms with Crippen molar-refractivity contribution in [3.63, 3.8) is 0 Å². The number of anilines is 1. The molecule has 5 nitrogen and oxygen atoms in total. The van der Waals surface area contributed by atoms with E-state index in [1.807, 2.05) is 0 Å². The third-order valence-corrected chi connectivity index (χ3v) is 3.53. The molecule has 1 aromatic rings. The number of methoxy groups -OCH3 is 1. The van der Waals surface area contributed by atoms with Gasteiger partial charge in [-0.15, -0.1) is 0 Å². The van der Waals surface area contributed by atoms with Crippen molar-refractivity contribution in [2.24, 2.45) is 0 Å². The molecular weight excluding hydrogens is 252 g/mol. The van der Waals surface area contributed by atoms with E-state index in [0.29, 0.717) is 6.61 Å².